The molecule has 0 saturated carbocycles. The molecular formula is C7H6N8O5. The van der Waals surface area contributed by atoms with Crippen molar-refractivity contribution in [3.8, 4) is 11.6 Å². The van der Waals surface area contributed by atoms with E-state index in [-0.39, 0.29) is 24.0 Å². The Hall–Kier alpha value is -3.25. The molecule has 2 rings (SSSR count). The van der Waals surface area contributed by atoms with Crippen LogP contribution >= 0.6 is 0 Å². The molecule has 1 N–H and O–H groups in total. The highest BCUT2D eigenvalue weighted by atomic mass is 16.6. The zero-order valence-corrected chi connectivity index (χ0v) is 9.88. The number of H-pyrrole nitrogens is 1. The second-order valence-corrected chi connectivity index (χ2v) is 3.59. The fraction of sp³-hybridized carbons (Fsp3) is 0.286. The average molecular weight is 282 g/mol. The van der Waals surface area contributed by atoms with E-state index in [1.165, 1.54) is 6.92 Å². The van der Waals surface area contributed by atoms with Gasteiger partial charge < -0.3 is 20.2 Å². The molecule has 0 aliphatic rings. The third-order valence-electron chi connectivity index (χ3n) is 2.04. The van der Waals surface area contributed by atoms with Crippen LogP contribution < -0.4 is 0 Å². The zero-order chi connectivity index (χ0) is 14.9. The van der Waals surface area contributed by atoms with Crippen molar-refractivity contribution >= 4 is 17.7 Å². The van der Waals surface area contributed by atoms with Gasteiger partial charge in [0.05, 0.1) is 0 Å². The normalized spacial score (nSPS) is 10.4. The lowest BCUT2D eigenvalue weighted by atomic mass is 10.4. The Labute approximate surface area is 108 Å². The standard InChI is InChI=1S/C7H6N8O5/c1-3(16)2-13-5(9-7(12-13)15(19)20)4-8-6(11-10-4)14(17)18/h2H2,1H3,(H,8,10,11). The molecule has 0 bridgehead atoms. The number of nitrogens with one attached hydrogen (secondary N) is 1. The molecule has 0 saturated heterocycles. The van der Waals surface area contributed by atoms with Crippen LogP contribution in [0, 0.1) is 20.2 Å². The lowest BCUT2D eigenvalue weighted by Crippen LogP contribution is -2.10. The number of carbonyl (C=O) groups is 1. The summed E-state index contributed by atoms with van der Waals surface area (Å²) in [4.78, 5) is 37.5. The first kappa shape index (κ1) is 13.2. The largest absolute Gasteiger partial charge is 0.491 e. The molecule has 2 aromatic rings. The van der Waals surface area contributed by atoms with Crippen LogP contribution in [0.2, 0.25) is 0 Å². The van der Waals surface area contributed by atoms with Gasteiger partial charge in [-0.2, -0.15) is 4.68 Å². The fourth-order valence-electron chi connectivity index (χ4n) is 1.33. The van der Waals surface area contributed by atoms with E-state index < -0.39 is 21.7 Å². The van der Waals surface area contributed by atoms with Crippen LogP contribution in [0.25, 0.3) is 11.6 Å². The molecule has 104 valence electrons. The number of hydrogen-bond acceptors (Lipinski definition) is 9. The SMILES string of the molecule is CC(=O)Cn1nc([N+](=O)[O-])nc1-c1n[nH]c([N+](=O)[O-])n1. The van der Waals surface area contributed by atoms with Crippen molar-refractivity contribution in [2.75, 3.05) is 0 Å². The molecule has 0 fully saturated rings. The van der Waals surface area contributed by atoms with Crippen LogP contribution in [-0.4, -0.2) is 45.6 Å². The van der Waals surface area contributed by atoms with Crippen molar-refractivity contribution < 1.29 is 14.6 Å². The van der Waals surface area contributed by atoms with Crippen LogP contribution in [0.5, 0.6) is 0 Å². The smallest absolute Gasteiger partial charge is 0.390 e. The first-order valence-electron chi connectivity index (χ1n) is 5.04. The second kappa shape index (κ2) is 4.79. The summed E-state index contributed by atoms with van der Waals surface area (Å²) in [5, 5.41) is 30.2. The van der Waals surface area contributed by atoms with E-state index in [9.17, 15) is 25.0 Å². The van der Waals surface area contributed by atoms with Crippen molar-refractivity contribution in [3.05, 3.63) is 20.2 Å². The van der Waals surface area contributed by atoms with E-state index in [0.29, 0.717) is 0 Å². The van der Waals surface area contributed by atoms with Gasteiger partial charge in [-0.05, 0) is 26.7 Å². The highest BCUT2D eigenvalue weighted by Crippen LogP contribution is 2.17. The van der Waals surface area contributed by atoms with E-state index >= 15 is 0 Å². The summed E-state index contributed by atoms with van der Waals surface area (Å²) in [6.07, 6.45) is 0. The third kappa shape index (κ3) is 2.45. The molecule has 0 aliphatic heterocycles. The Morgan fingerprint density at radius 3 is 2.50 bits per heavy atom. The lowest BCUT2D eigenvalue weighted by molar-refractivity contribution is -0.394. The molecular weight excluding hydrogens is 276 g/mol. The fourth-order valence-corrected chi connectivity index (χ4v) is 1.33. The van der Waals surface area contributed by atoms with E-state index in [0.717, 1.165) is 4.68 Å². The highest BCUT2D eigenvalue weighted by molar-refractivity contribution is 5.75. The number of aromatic nitrogens is 6. The summed E-state index contributed by atoms with van der Waals surface area (Å²) in [6, 6.07) is 0. The maximum absolute atomic E-state index is 11.1. The second-order valence-electron chi connectivity index (χ2n) is 3.59. The van der Waals surface area contributed by atoms with Gasteiger partial charge in [-0.1, -0.05) is 5.10 Å². The predicted octanol–water partition coefficient (Wildman–Crippen LogP) is -0.531. The quantitative estimate of drug-likeness (QED) is 0.557. The highest BCUT2D eigenvalue weighted by Gasteiger charge is 2.30. The molecule has 0 unspecified atom stereocenters. The van der Waals surface area contributed by atoms with Crippen molar-refractivity contribution in [1.29, 1.82) is 0 Å². The molecule has 13 heteroatoms. The van der Waals surface area contributed by atoms with E-state index in [2.05, 4.69) is 20.2 Å². The van der Waals surface area contributed by atoms with Gasteiger partial charge in [-0.25, -0.2) is 0 Å². The Bertz CT molecular complexity index is 702. The van der Waals surface area contributed by atoms with Crippen LogP contribution in [-0.2, 0) is 11.3 Å². The average Bonchev–Trinajstić information content (AvgIpc) is 2.93. The van der Waals surface area contributed by atoms with Crippen molar-refractivity contribution in [2.45, 2.75) is 13.5 Å². The molecule has 0 aromatic carbocycles. The first-order valence-corrected chi connectivity index (χ1v) is 5.04. The summed E-state index contributed by atoms with van der Waals surface area (Å²) in [7, 11) is 0. The minimum absolute atomic E-state index is 0.212. The Morgan fingerprint density at radius 2 is 2.00 bits per heavy atom. The predicted molar refractivity (Wildman–Crippen MR) is 59.4 cm³/mol. The van der Waals surface area contributed by atoms with Crippen molar-refractivity contribution in [1.82, 2.24) is 29.9 Å². The summed E-state index contributed by atoms with van der Waals surface area (Å²) < 4.78 is 0.910. The molecule has 0 aliphatic carbocycles. The Morgan fingerprint density at radius 1 is 1.30 bits per heavy atom. The van der Waals surface area contributed by atoms with Crippen molar-refractivity contribution in [2.24, 2.45) is 0 Å². The van der Waals surface area contributed by atoms with Gasteiger partial charge in [0.25, 0.3) is 0 Å². The number of carbonyl (C=O) groups excluding carboxylic acids is 1. The molecule has 0 radical (unpaired) electrons. The number of ketones is 1. The molecule has 20 heavy (non-hydrogen) atoms. The van der Waals surface area contributed by atoms with Crippen LogP contribution in [0.15, 0.2) is 0 Å². The molecule has 13 nitrogen and oxygen atoms in total. The minimum atomic E-state index is -0.860. The van der Waals surface area contributed by atoms with Crippen molar-refractivity contribution in [3.63, 3.8) is 0 Å². The maximum Gasteiger partial charge on any atom is 0.491 e. The van der Waals surface area contributed by atoms with Gasteiger partial charge in [0.15, 0.2) is 5.78 Å². The molecule has 2 heterocycles. The van der Waals surface area contributed by atoms with E-state index in [1.54, 1.807) is 0 Å². The molecule has 0 spiro atoms. The Kier molecular flexibility index (Phi) is 3.16. The van der Waals surface area contributed by atoms with E-state index in [4.69, 9.17) is 0 Å². The Balaban J connectivity index is 2.49. The van der Waals surface area contributed by atoms with Crippen LogP contribution in [0.1, 0.15) is 6.92 Å². The van der Waals surface area contributed by atoms with Gasteiger partial charge >= 0.3 is 23.5 Å². The monoisotopic (exact) mass is 282 g/mol. The van der Waals surface area contributed by atoms with E-state index in [1.807, 2.05) is 5.10 Å². The number of aromatic amines is 1. The third-order valence-corrected chi connectivity index (χ3v) is 2.04. The summed E-state index contributed by atoms with van der Waals surface area (Å²) in [6.45, 7) is 0.955. The van der Waals surface area contributed by atoms with Gasteiger partial charge in [0, 0.05) is 5.10 Å². The topological polar surface area (TPSA) is 176 Å². The molecule has 2 aromatic heterocycles. The summed E-state index contributed by atoms with van der Waals surface area (Å²) >= 11 is 0. The zero-order valence-electron chi connectivity index (χ0n) is 9.88. The first-order chi connectivity index (χ1) is 9.38. The maximum atomic E-state index is 11.1. The minimum Gasteiger partial charge on any atom is -0.390 e. The van der Waals surface area contributed by atoms with Crippen LogP contribution in [0.4, 0.5) is 11.9 Å². The number of hydrogen-bond donors (Lipinski definition) is 1. The van der Waals surface area contributed by atoms with Gasteiger partial charge in [-0.15, -0.1) is 5.10 Å². The number of nitrogens with zero attached hydrogens (tertiary/aromatic N) is 7. The number of Topliss-reactive ketones (excluding diaryl/α,β-unsaturated/α-hetero) is 1. The summed E-state index contributed by atoms with van der Waals surface area (Å²) in [5.74, 6) is -2.22. The summed E-state index contributed by atoms with van der Waals surface area (Å²) in [5.41, 5.74) is 0. The number of rotatable bonds is 5. The van der Waals surface area contributed by atoms with Gasteiger partial charge in [-0.3, -0.25) is 4.79 Å². The number of nitro groups is 2. The van der Waals surface area contributed by atoms with Gasteiger partial charge in [0.2, 0.25) is 0 Å². The molecule has 0 amide bonds. The van der Waals surface area contributed by atoms with Crippen LogP contribution in [0.3, 0.4) is 0 Å². The van der Waals surface area contributed by atoms with Gasteiger partial charge in [0.1, 0.15) is 6.54 Å². The lowest BCUT2D eigenvalue weighted by Gasteiger charge is -1.91. The molecule has 0 atom stereocenters.